The number of rotatable bonds is 8. The summed E-state index contributed by atoms with van der Waals surface area (Å²) in [6.45, 7) is 7.32. The Balaban J connectivity index is 1.87. The minimum absolute atomic E-state index is 0.260. The molecule has 0 unspecified atom stereocenters. The molecule has 0 aromatic heterocycles. The van der Waals surface area contributed by atoms with Crippen LogP contribution in [0.3, 0.4) is 0 Å². The van der Waals surface area contributed by atoms with Gasteiger partial charge in [0.1, 0.15) is 11.5 Å². The Bertz CT molecular complexity index is 845. The van der Waals surface area contributed by atoms with Crippen molar-refractivity contribution in [2.45, 2.75) is 33.6 Å². The summed E-state index contributed by atoms with van der Waals surface area (Å²) in [6.07, 6.45) is 0. The molecule has 0 heterocycles. The molecule has 150 valence electrons. The van der Waals surface area contributed by atoms with Gasteiger partial charge in [0.15, 0.2) is 13.2 Å². The molecule has 0 radical (unpaired) electrons. The van der Waals surface area contributed by atoms with Crippen molar-refractivity contribution in [3.05, 3.63) is 53.1 Å². The molecular formula is C22H27NO5. The maximum Gasteiger partial charge on any atom is 0.344 e. The Kier molecular flexibility index (Phi) is 7.44. The van der Waals surface area contributed by atoms with Crippen LogP contribution in [0.5, 0.6) is 11.5 Å². The van der Waals surface area contributed by atoms with Gasteiger partial charge in [0.05, 0.1) is 12.8 Å². The van der Waals surface area contributed by atoms with Crippen LogP contribution in [0.25, 0.3) is 0 Å². The van der Waals surface area contributed by atoms with Crippen molar-refractivity contribution in [1.82, 2.24) is 0 Å². The lowest BCUT2D eigenvalue weighted by molar-refractivity contribution is -0.149. The number of anilines is 1. The van der Waals surface area contributed by atoms with E-state index in [1.807, 2.05) is 38.1 Å². The minimum Gasteiger partial charge on any atom is -0.495 e. The fourth-order valence-electron chi connectivity index (χ4n) is 2.67. The summed E-state index contributed by atoms with van der Waals surface area (Å²) >= 11 is 0. The number of hydrogen-bond acceptors (Lipinski definition) is 5. The molecule has 2 aromatic rings. The van der Waals surface area contributed by atoms with E-state index in [9.17, 15) is 9.59 Å². The van der Waals surface area contributed by atoms with E-state index in [1.165, 1.54) is 7.11 Å². The van der Waals surface area contributed by atoms with Crippen LogP contribution in [-0.2, 0) is 14.3 Å². The summed E-state index contributed by atoms with van der Waals surface area (Å²) < 4.78 is 15.8. The third-order valence-corrected chi connectivity index (χ3v) is 4.13. The third kappa shape index (κ3) is 6.01. The molecule has 6 nitrogen and oxygen atoms in total. The van der Waals surface area contributed by atoms with E-state index in [-0.39, 0.29) is 12.5 Å². The van der Waals surface area contributed by atoms with Gasteiger partial charge in [-0.25, -0.2) is 4.79 Å². The predicted molar refractivity (Wildman–Crippen MR) is 108 cm³/mol. The number of esters is 1. The molecule has 0 saturated heterocycles. The fourth-order valence-corrected chi connectivity index (χ4v) is 2.67. The molecule has 2 aromatic carbocycles. The fraction of sp³-hybridized carbons (Fsp3) is 0.364. The second kappa shape index (κ2) is 9.78. The van der Waals surface area contributed by atoms with Gasteiger partial charge in [0.2, 0.25) is 0 Å². The quantitative estimate of drug-likeness (QED) is 0.696. The van der Waals surface area contributed by atoms with Crippen molar-refractivity contribution in [1.29, 1.82) is 0 Å². The van der Waals surface area contributed by atoms with Crippen molar-refractivity contribution in [3.63, 3.8) is 0 Å². The van der Waals surface area contributed by atoms with Gasteiger partial charge in [-0.05, 0) is 54.7 Å². The third-order valence-electron chi connectivity index (χ3n) is 4.13. The normalized spacial score (nSPS) is 10.5. The number of hydrogen-bond donors (Lipinski definition) is 1. The zero-order valence-electron chi connectivity index (χ0n) is 17.0. The summed E-state index contributed by atoms with van der Waals surface area (Å²) in [5.41, 5.74) is 3.56. The van der Waals surface area contributed by atoms with E-state index in [4.69, 9.17) is 14.2 Å². The number of ether oxygens (including phenoxy) is 3. The van der Waals surface area contributed by atoms with Crippen LogP contribution >= 0.6 is 0 Å². The molecule has 0 aliphatic rings. The van der Waals surface area contributed by atoms with E-state index in [0.717, 1.165) is 16.7 Å². The van der Waals surface area contributed by atoms with Gasteiger partial charge >= 0.3 is 5.97 Å². The zero-order chi connectivity index (χ0) is 20.7. The molecule has 28 heavy (non-hydrogen) atoms. The summed E-state index contributed by atoms with van der Waals surface area (Å²) in [7, 11) is 1.52. The van der Waals surface area contributed by atoms with Crippen molar-refractivity contribution >= 4 is 17.6 Å². The zero-order valence-corrected chi connectivity index (χ0v) is 17.0. The Morgan fingerprint density at radius 3 is 2.32 bits per heavy atom. The van der Waals surface area contributed by atoms with Gasteiger partial charge in [-0.2, -0.15) is 0 Å². The first kappa shape index (κ1) is 21.3. The number of carbonyl (C=O) groups excluding carboxylic acids is 2. The van der Waals surface area contributed by atoms with Crippen LogP contribution in [-0.4, -0.2) is 32.2 Å². The summed E-state index contributed by atoms with van der Waals surface area (Å²) in [5.74, 6) is 0.398. The van der Waals surface area contributed by atoms with E-state index >= 15 is 0 Å². The highest BCUT2D eigenvalue weighted by Gasteiger charge is 2.13. The smallest absolute Gasteiger partial charge is 0.344 e. The predicted octanol–water partition coefficient (Wildman–Crippen LogP) is 4.00. The molecular weight excluding hydrogens is 358 g/mol. The van der Waals surface area contributed by atoms with Crippen LogP contribution in [0.2, 0.25) is 0 Å². The lowest BCUT2D eigenvalue weighted by atomic mass is 10.0. The number of carbonyl (C=O) groups is 2. The SMILES string of the molecule is COc1ccc(C)cc1NC(=O)COC(=O)COc1cc(C)ccc1C(C)C. The van der Waals surface area contributed by atoms with Crippen molar-refractivity contribution in [3.8, 4) is 11.5 Å². The summed E-state index contributed by atoms with van der Waals surface area (Å²) in [5, 5.41) is 2.68. The van der Waals surface area contributed by atoms with Crippen LogP contribution in [0.1, 0.15) is 36.5 Å². The van der Waals surface area contributed by atoms with Gasteiger partial charge in [-0.3, -0.25) is 4.79 Å². The molecule has 0 saturated carbocycles. The molecule has 6 heteroatoms. The topological polar surface area (TPSA) is 73.9 Å². The summed E-state index contributed by atoms with van der Waals surface area (Å²) in [6, 6.07) is 11.3. The first-order valence-electron chi connectivity index (χ1n) is 9.13. The lowest BCUT2D eigenvalue weighted by Gasteiger charge is -2.14. The number of methoxy groups -OCH3 is 1. The largest absolute Gasteiger partial charge is 0.495 e. The van der Waals surface area contributed by atoms with Gasteiger partial charge < -0.3 is 19.5 Å². The maximum absolute atomic E-state index is 12.1. The molecule has 0 fully saturated rings. The second-order valence-electron chi connectivity index (χ2n) is 6.90. The van der Waals surface area contributed by atoms with Crippen molar-refractivity contribution in [2.75, 3.05) is 25.6 Å². The molecule has 0 aliphatic heterocycles. The van der Waals surface area contributed by atoms with Gasteiger partial charge in [-0.1, -0.05) is 32.0 Å². The van der Waals surface area contributed by atoms with E-state index < -0.39 is 18.5 Å². The van der Waals surface area contributed by atoms with Crippen molar-refractivity contribution in [2.24, 2.45) is 0 Å². The molecule has 1 N–H and O–H groups in total. The van der Waals surface area contributed by atoms with Crippen LogP contribution in [0.15, 0.2) is 36.4 Å². The van der Waals surface area contributed by atoms with Gasteiger partial charge in [-0.15, -0.1) is 0 Å². The van der Waals surface area contributed by atoms with E-state index in [1.54, 1.807) is 12.1 Å². The van der Waals surface area contributed by atoms with E-state index in [0.29, 0.717) is 17.2 Å². The number of benzene rings is 2. The Morgan fingerprint density at radius 2 is 1.64 bits per heavy atom. The van der Waals surface area contributed by atoms with Crippen LogP contribution in [0.4, 0.5) is 5.69 Å². The number of aryl methyl sites for hydroxylation is 2. The maximum atomic E-state index is 12.1. The molecule has 1 amide bonds. The first-order valence-corrected chi connectivity index (χ1v) is 9.13. The highest BCUT2D eigenvalue weighted by molar-refractivity contribution is 5.94. The lowest BCUT2D eigenvalue weighted by Crippen LogP contribution is -2.24. The summed E-state index contributed by atoms with van der Waals surface area (Å²) in [4.78, 5) is 24.0. The molecule has 0 bridgehead atoms. The average molecular weight is 385 g/mol. The second-order valence-corrected chi connectivity index (χ2v) is 6.90. The van der Waals surface area contributed by atoms with Gasteiger partial charge in [0, 0.05) is 0 Å². The highest BCUT2D eigenvalue weighted by Crippen LogP contribution is 2.27. The Morgan fingerprint density at radius 1 is 0.964 bits per heavy atom. The molecule has 2 rings (SSSR count). The highest BCUT2D eigenvalue weighted by atomic mass is 16.6. The van der Waals surface area contributed by atoms with Crippen molar-refractivity contribution < 1.29 is 23.8 Å². The van der Waals surface area contributed by atoms with Crippen LogP contribution in [0, 0.1) is 13.8 Å². The number of amides is 1. The molecule has 0 spiro atoms. The van der Waals surface area contributed by atoms with Gasteiger partial charge in [0.25, 0.3) is 5.91 Å². The minimum atomic E-state index is -0.609. The molecule has 0 atom stereocenters. The van der Waals surface area contributed by atoms with E-state index in [2.05, 4.69) is 19.2 Å². The Labute approximate surface area is 165 Å². The number of nitrogens with one attached hydrogen (secondary N) is 1. The Hall–Kier alpha value is -3.02. The van der Waals surface area contributed by atoms with Crippen LogP contribution < -0.4 is 14.8 Å². The average Bonchev–Trinajstić information content (AvgIpc) is 2.64. The standard InChI is InChI=1S/C22H27NO5/c1-14(2)17-8-6-16(4)11-20(17)27-13-22(25)28-12-21(24)23-18-10-15(3)7-9-19(18)26-5/h6-11,14H,12-13H2,1-5H3,(H,23,24). The first-order chi connectivity index (χ1) is 13.3. The monoisotopic (exact) mass is 385 g/mol. The molecule has 0 aliphatic carbocycles.